The maximum absolute atomic E-state index is 9.55. The van der Waals surface area contributed by atoms with E-state index in [0.29, 0.717) is 23.8 Å². The quantitative estimate of drug-likeness (QED) is 0.270. The van der Waals surface area contributed by atoms with Gasteiger partial charge in [0.05, 0.1) is 20.0 Å². The Morgan fingerprint density at radius 1 is 1.17 bits per heavy atom. The summed E-state index contributed by atoms with van der Waals surface area (Å²) in [7, 11) is 1.52. The summed E-state index contributed by atoms with van der Waals surface area (Å²) in [5.74, 6) is 1.24. The molecule has 1 aliphatic rings. The molecule has 0 amide bonds. The van der Waals surface area contributed by atoms with Crippen LogP contribution in [0.5, 0.6) is 11.5 Å². The second-order valence-corrected chi connectivity index (χ2v) is 6.41. The van der Waals surface area contributed by atoms with Gasteiger partial charge in [-0.1, -0.05) is 6.07 Å². The van der Waals surface area contributed by atoms with Crippen molar-refractivity contribution in [3.63, 3.8) is 0 Å². The molecule has 12 nitrogen and oxygen atoms in total. The first-order chi connectivity index (χ1) is 14.4. The fourth-order valence-corrected chi connectivity index (χ4v) is 2.80. The second kappa shape index (κ2) is 9.65. The van der Waals surface area contributed by atoms with Gasteiger partial charge in [0.2, 0.25) is 0 Å². The lowest BCUT2D eigenvalue weighted by Crippen LogP contribution is -2.33. The number of nitrogens with zero attached hydrogens (tertiary/aromatic N) is 3. The number of aliphatic hydroxyl groups excluding tert-OH is 4. The van der Waals surface area contributed by atoms with Crippen LogP contribution in [0.2, 0.25) is 0 Å². The normalized spacial score (nSPS) is 23.1. The van der Waals surface area contributed by atoms with Gasteiger partial charge in [-0.3, -0.25) is 0 Å². The van der Waals surface area contributed by atoms with E-state index in [1.165, 1.54) is 13.4 Å². The topological polar surface area (TPSA) is 186 Å². The second-order valence-electron chi connectivity index (χ2n) is 6.41. The number of fused-ring (bicyclic) bond motifs is 1. The Hall–Kier alpha value is -3.03. The van der Waals surface area contributed by atoms with Crippen molar-refractivity contribution >= 4 is 17.0 Å². The van der Waals surface area contributed by atoms with E-state index >= 15 is 0 Å². The molecule has 162 valence electrons. The number of rotatable bonds is 5. The van der Waals surface area contributed by atoms with Crippen molar-refractivity contribution in [3.8, 4) is 11.5 Å². The number of aromatic hydroxyl groups is 1. The minimum absolute atomic E-state index is 0.120. The Bertz CT molecular complexity index is 969. The number of hydrogen-bond donors (Lipinski definition) is 7. The summed E-state index contributed by atoms with van der Waals surface area (Å²) in [6.07, 6.45) is -1.72. The number of anilines is 1. The lowest BCUT2D eigenvalue weighted by Gasteiger charge is -2.09. The van der Waals surface area contributed by atoms with E-state index in [0.717, 1.165) is 11.1 Å². The maximum atomic E-state index is 9.55. The van der Waals surface area contributed by atoms with Gasteiger partial charge >= 0.3 is 0 Å². The number of phenols is 1. The van der Waals surface area contributed by atoms with Crippen LogP contribution in [0.15, 0.2) is 30.9 Å². The first kappa shape index (κ1) is 21.7. The summed E-state index contributed by atoms with van der Waals surface area (Å²) in [4.78, 5) is 15.3. The number of phenolic OH excluding ortho intramolecular Hbond substituents is 1. The van der Waals surface area contributed by atoms with Crippen molar-refractivity contribution in [3.05, 3.63) is 36.4 Å². The molecule has 4 rings (SSSR count). The molecule has 3 heterocycles. The number of methoxy groups -OCH3 is 1. The van der Waals surface area contributed by atoms with Crippen LogP contribution in [0.3, 0.4) is 0 Å². The van der Waals surface area contributed by atoms with E-state index in [9.17, 15) is 5.11 Å². The number of nitrogens with one attached hydrogen (secondary N) is 2. The van der Waals surface area contributed by atoms with Gasteiger partial charge in [0.25, 0.3) is 0 Å². The molecule has 30 heavy (non-hydrogen) atoms. The number of H-pyrrole nitrogens is 1. The highest BCUT2D eigenvalue weighted by Crippen LogP contribution is 2.26. The SMILES string of the molecule is COc1cc(CNc2ncnc3nc[nH]c23)ccc1O.OC[C@H]1OC(O)[C@H](O)[C@@H]1O. The van der Waals surface area contributed by atoms with Crippen LogP contribution < -0.4 is 10.1 Å². The van der Waals surface area contributed by atoms with Crippen LogP contribution in [0.25, 0.3) is 11.2 Å². The lowest BCUT2D eigenvalue weighted by molar-refractivity contribution is -0.132. The summed E-state index contributed by atoms with van der Waals surface area (Å²) in [6, 6.07) is 5.19. The van der Waals surface area contributed by atoms with E-state index < -0.39 is 31.2 Å². The molecule has 1 unspecified atom stereocenters. The third-order valence-electron chi connectivity index (χ3n) is 4.44. The molecule has 12 heteroatoms. The van der Waals surface area contributed by atoms with E-state index in [2.05, 4.69) is 30.0 Å². The highest BCUT2D eigenvalue weighted by Gasteiger charge is 2.41. The zero-order valence-electron chi connectivity index (χ0n) is 16.0. The first-order valence-electron chi connectivity index (χ1n) is 8.99. The van der Waals surface area contributed by atoms with E-state index in [1.807, 2.05) is 6.07 Å². The van der Waals surface area contributed by atoms with Crippen molar-refractivity contribution in [2.24, 2.45) is 0 Å². The molecule has 1 saturated heterocycles. The van der Waals surface area contributed by atoms with E-state index in [-0.39, 0.29) is 5.75 Å². The molecule has 3 aromatic rings. The van der Waals surface area contributed by atoms with Crippen LogP contribution in [0, 0.1) is 0 Å². The zero-order chi connectivity index (χ0) is 21.7. The Kier molecular flexibility index (Phi) is 6.97. The molecular weight excluding hydrogens is 398 g/mol. The van der Waals surface area contributed by atoms with Crippen molar-refractivity contribution in [2.75, 3.05) is 19.0 Å². The number of imidazole rings is 1. The third kappa shape index (κ3) is 4.75. The van der Waals surface area contributed by atoms with Gasteiger partial charge in [-0.25, -0.2) is 15.0 Å². The molecule has 1 aliphatic heterocycles. The molecule has 0 aliphatic carbocycles. The number of aliphatic hydroxyl groups is 4. The first-order valence-corrected chi connectivity index (χ1v) is 8.99. The summed E-state index contributed by atoms with van der Waals surface area (Å²) in [6.45, 7) is 0.136. The number of benzene rings is 1. The Morgan fingerprint density at radius 3 is 2.60 bits per heavy atom. The predicted octanol–water partition coefficient (Wildman–Crippen LogP) is -0.903. The molecule has 0 radical (unpaired) electrons. The van der Waals surface area contributed by atoms with Crippen molar-refractivity contribution in [2.45, 2.75) is 31.1 Å². The van der Waals surface area contributed by atoms with Crippen LogP contribution in [0.4, 0.5) is 5.82 Å². The number of ether oxygens (including phenoxy) is 2. The molecule has 1 aromatic carbocycles. The fraction of sp³-hybridized carbons (Fsp3) is 0.389. The summed E-state index contributed by atoms with van der Waals surface area (Å²) < 4.78 is 9.62. The van der Waals surface area contributed by atoms with E-state index in [1.54, 1.807) is 18.5 Å². The summed E-state index contributed by atoms with van der Waals surface area (Å²) in [5.41, 5.74) is 2.34. The van der Waals surface area contributed by atoms with Gasteiger partial charge in [0.15, 0.2) is 29.3 Å². The van der Waals surface area contributed by atoms with Crippen molar-refractivity contribution < 1.29 is 35.0 Å². The van der Waals surface area contributed by atoms with Crippen molar-refractivity contribution in [1.29, 1.82) is 0 Å². The number of hydrogen-bond acceptors (Lipinski definition) is 11. The molecule has 0 spiro atoms. The number of aromatic amines is 1. The van der Waals surface area contributed by atoms with E-state index in [4.69, 9.17) is 25.2 Å². The minimum atomic E-state index is -1.38. The smallest absolute Gasteiger partial charge is 0.184 e. The number of aromatic nitrogens is 4. The molecule has 1 fully saturated rings. The van der Waals surface area contributed by atoms with Gasteiger partial charge in [0.1, 0.15) is 30.2 Å². The lowest BCUT2D eigenvalue weighted by atomic mass is 10.1. The molecule has 7 N–H and O–H groups in total. The average Bonchev–Trinajstić information content (AvgIpc) is 3.34. The zero-order valence-corrected chi connectivity index (χ0v) is 16.0. The largest absolute Gasteiger partial charge is 0.504 e. The predicted molar refractivity (Wildman–Crippen MR) is 104 cm³/mol. The third-order valence-corrected chi connectivity index (χ3v) is 4.44. The molecule has 0 bridgehead atoms. The highest BCUT2D eigenvalue weighted by molar-refractivity contribution is 5.81. The van der Waals surface area contributed by atoms with Gasteiger partial charge in [0, 0.05) is 6.54 Å². The average molecular weight is 421 g/mol. The summed E-state index contributed by atoms with van der Waals surface area (Å²) in [5, 5.41) is 47.7. The molecular formula is C18H23N5O7. The van der Waals surface area contributed by atoms with Crippen LogP contribution in [-0.4, -0.2) is 83.8 Å². The Morgan fingerprint density at radius 2 is 1.97 bits per heavy atom. The van der Waals surface area contributed by atoms with Gasteiger partial charge in [-0.05, 0) is 17.7 Å². The Balaban J connectivity index is 0.000000216. The summed E-state index contributed by atoms with van der Waals surface area (Å²) >= 11 is 0. The van der Waals surface area contributed by atoms with Crippen molar-refractivity contribution in [1.82, 2.24) is 19.9 Å². The van der Waals surface area contributed by atoms with Crippen LogP contribution >= 0.6 is 0 Å². The minimum Gasteiger partial charge on any atom is -0.504 e. The standard InChI is InChI=1S/C13H13N5O2.C5H10O5/c1-20-10-4-8(2-3-9(10)19)5-14-12-11-13(16-6-15-11)18-7-17-12;6-1-2-3(7)4(8)5(9)10-2/h2-4,6-7,19H,5H2,1H3,(H2,14,15,16,17,18);2-9H,1H2/t;2-,3-,4-,5?/m.1/s1. The van der Waals surface area contributed by atoms with Crippen LogP contribution in [-0.2, 0) is 11.3 Å². The van der Waals surface area contributed by atoms with Gasteiger partial charge in [-0.15, -0.1) is 0 Å². The molecule has 0 saturated carbocycles. The maximum Gasteiger partial charge on any atom is 0.184 e. The molecule has 4 atom stereocenters. The fourth-order valence-electron chi connectivity index (χ4n) is 2.80. The highest BCUT2D eigenvalue weighted by atomic mass is 16.6. The Labute approximate surface area is 170 Å². The van der Waals surface area contributed by atoms with Gasteiger partial charge < -0.3 is 45.3 Å². The van der Waals surface area contributed by atoms with Crippen LogP contribution in [0.1, 0.15) is 5.56 Å². The monoisotopic (exact) mass is 421 g/mol. The molecule has 2 aromatic heterocycles. The van der Waals surface area contributed by atoms with Gasteiger partial charge in [-0.2, -0.15) is 0 Å².